The molecule has 2 aromatic carbocycles. The first kappa shape index (κ1) is 16.3. The molecule has 0 spiro atoms. The predicted octanol–water partition coefficient (Wildman–Crippen LogP) is 2.71. The molecule has 1 unspecified atom stereocenters. The lowest BCUT2D eigenvalue weighted by atomic mass is 9.91. The molecule has 5 nitrogen and oxygen atoms in total. The number of hydrogen-bond donors (Lipinski definition) is 1. The average molecular weight is 341 g/mol. The molecule has 0 radical (unpaired) electrons. The smallest absolute Gasteiger partial charge is 0.337 e. The van der Waals surface area contributed by atoms with E-state index in [2.05, 4.69) is 5.32 Å². The van der Waals surface area contributed by atoms with Gasteiger partial charge in [0, 0.05) is 5.75 Å². The van der Waals surface area contributed by atoms with Crippen molar-refractivity contribution in [3.63, 3.8) is 0 Å². The van der Waals surface area contributed by atoms with Crippen molar-refractivity contribution in [3.05, 3.63) is 71.8 Å². The van der Waals surface area contributed by atoms with E-state index in [9.17, 15) is 14.4 Å². The van der Waals surface area contributed by atoms with E-state index in [1.807, 2.05) is 60.7 Å². The van der Waals surface area contributed by atoms with Crippen LogP contribution < -0.4 is 5.32 Å². The molecule has 1 fully saturated rings. The van der Waals surface area contributed by atoms with Crippen molar-refractivity contribution in [2.75, 3.05) is 5.75 Å². The van der Waals surface area contributed by atoms with Gasteiger partial charge < -0.3 is 10.1 Å². The molecule has 1 N–H and O–H groups in total. The Balaban J connectivity index is 1.82. The molecule has 1 aliphatic heterocycles. The first-order valence-corrected chi connectivity index (χ1v) is 8.42. The van der Waals surface area contributed by atoms with Crippen LogP contribution in [0.1, 0.15) is 17.0 Å². The molecular weight excluding hydrogens is 326 g/mol. The van der Waals surface area contributed by atoms with Crippen LogP contribution in [0.3, 0.4) is 0 Å². The third-order valence-electron chi connectivity index (χ3n) is 3.66. The van der Waals surface area contributed by atoms with Crippen molar-refractivity contribution in [2.45, 2.75) is 12.0 Å². The van der Waals surface area contributed by atoms with Crippen molar-refractivity contribution >= 4 is 28.9 Å². The summed E-state index contributed by atoms with van der Waals surface area (Å²) in [5, 5.41) is 2.19. The van der Waals surface area contributed by atoms with Crippen LogP contribution in [0.5, 0.6) is 0 Å². The summed E-state index contributed by atoms with van der Waals surface area (Å²) in [5.74, 6) is -1.80. The second kappa shape index (κ2) is 7.31. The monoisotopic (exact) mass is 341 g/mol. The summed E-state index contributed by atoms with van der Waals surface area (Å²) in [6.07, 6.45) is 0. The maximum atomic E-state index is 12.6. The number of amides is 1. The van der Waals surface area contributed by atoms with Crippen LogP contribution in [-0.2, 0) is 14.3 Å². The van der Waals surface area contributed by atoms with E-state index in [4.69, 9.17) is 4.74 Å². The molecule has 0 saturated carbocycles. The fraction of sp³-hybridized carbons (Fsp3) is 0.167. The molecule has 1 aliphatic rings. The number of carbonyl (C=O) groups excluding carboxylic acids is 3. The highest BCUT2D eigenvalue weighted by Crippen LogP contribution is 2.26. The molecule has 24 heavy (non-hydrogen) atoms. The Morgan fingerprint density at radius 3 is 2.00 bits per heavy atom. The quantitative estimate of drug-likeness (QED) is 0.684. The van der Waals surface area contributed by atoms with Crippen LogP contribution in [0, 0.1) is 0 Å². The van der Waals surface area contributed by atoms with E-state index in [-0.39, 0.29) is 11.0 Å². The van der Waals surface area contributed by atoms with Gasteiger partial charge in [0.25, 0.3) is 5.24 Å². The zero-order valence-electron chi connectivity index (χ0n) is 12.7. The van der Waals surface area contributed by atoms with Gasteiger partial charge in [0.05, 0.1) is 0 Å². The predicted molar refractivity (Wildman–Crippen MR) is 90.6 cm³/mol. The molecule has 0 aliphatic carbocycles. The summed E-state index contributed by atoms with van der Waals surface area (Å²) in [7, 11) is 0. The van der Waals surface area contributed by atoms with E-state index in [0.717, 1.165) is 22.9 Å². The molecule has 2 aromatic rings. The van der Waals surface area contributed by atoms with E-state index in [1.54, 1.807) is 0 Å². The fourth-order valence-corrected chi connectivity index (χ4v) is 3.26. The highest BCUT2D eigenvalue weighted by Gasteiger charge is 2.33. The molecule has 0 bridgehead atoms. The Labute approximate surface area is 143 Å². The lowest BCUT2D eigenvalue weighted by Gasteiger charge is -2.17. The number of thioether (sulfide) groups is 1. The van der Waals surface area contributed by atoms with Gasteiger partial charge >= 0.3 is 11.9 Å². The average Bonchev–Trinajstić information content (AvgIpc) is 3.04. The van der Waals surface area contributed by atoms with Crippen molar-refractivity contribution in [2.24, 2.45) is 0 Å². The minimum absolute atomic E-state index is 0.270. The van der Waals surface area contributed by atoms with Gasteiger partial charge in [-0.3, -0.25) is 9.59 Å². The Morgan fingerprint density at radius 1 is 1.00 bits per heavy atom. The van der Waals surface area contributed by atoms with Gasteiger partial charge in [-0.1, -0.05) is 72.4 Å². The molecule has 1 saturated heterocycles. The molecular formula is C18H15NO4S. The first-order chi connectivity index (χ1) is 11.6. The lowest BCUT2D eigenvalue weighted by molar-refractivity contribution is -0.161. The third kappa shape index (κ3) is 3.65. The van der Waals surface area contributed by atoms with Gasteiger partial charge in [0.2, 0.25) is 0 Å². The van der Waals surface area contributed by atoms with Crippen molar-refractivity contribution in [3.8, 4) is 0 Å². The highest BCUT2D eigenvalue weighted by molar-refractivity contribution is 8.14. The molecule has 1 amide bonds. The summed E-state index contributed by atoms with van der Waals surface area (Å²) in [6, 6.07) is 17.5. The number of carbonyl (C=O) groups is 3. The van der Waals surface area contributed by atoms with E-state index < -0.39 is 23.9 Å². The maximum absolute atomic E-state index is 12.6. The summed E-state index contributed by atoms with van der Waals surface area (Å²) in [5.41, 5.74) is 1.48. The fourth-order valence-electron chi connectivity index (χ4n) is 2.50. The molecule has 1 heterocycles. The number of rotatable bonds is 4. The van der Waals surface area contributed by atoms with Gasteiger partial charge in [0.15, 0.2) is 0 Å². The summed E-state index contributed by atoms with van der Waals surface area (Å²) < 4.78 is 5.05. The lowest BCUT2D eigenvalue weighted by Crippen LogP contribution is -2.38. The van der Waals surface area contributed by atoms with Crippen LogP contribution >= 0.6 is 11.8 Å². The topological polar surface area (TPSA) is 72.5 Å². The number of esters is 2. The van der Waals surface area contributed by atoms with E-state index in [0.29, 0.717) is 0 Å². The number of hydrogen-bond acceptors (Lipinski definition) is 5. The Morgan fingerprint density at radius 2 is 1.54 bits per heavy atom. The molecule has 0 aromatic heterocycles. The van der Waals surface area contributed by atoms with E-state index in [1.165, 1.54) is 0 Å². The summed E-state index contributed by atoms with van der Waals surface area (Å²) >= 11 is 1.000. The normalized spacial score (nSPS) is 16.7. The Kier molecular flexibility index (Phi) is 4.96. The zero-order valence-corrected chi connectivity index (χ0v) is 13.5. The SMILES string of the molecule is O=C1NC(C(=O)OC(=O)C(c2ccccc2)c2ccccc2)CS1. The van der Waals surface area contributed by atoms with Crippen molar-refractivity contribution in [1.82, 2.24) is 5.32 Å². The van der Waals surface area contributed by atoms with Gasteiger partial charge in [0.1, 0.15) is 12.0 Å². The highest BCUT2D eigenvalue weighted by atomic mass is 32.2. The van der Waals surface area contributed by atoms with Crippen LogP contribution in [0.4, 0.5) is 4.79 Å². The van der Waals surface area contributed by atoms with Crippen LogP contribution in [-0.4, -0.2) is 29.0 Å². The zero-order chi connectivity index (χ0) is 16.9. The maximum Gasteiger partial charge on any atom is 0.337 e. The Bertz CT molecular complexity index is 709. The number of nitrogens with one attached hydrogen (secondary N) is 1. The summed E-state index contributed by atoms with van der Waals surface area (Å²) in [4.78, 5) is 35.9. The van der Waals surface area contributed by atoms with Gasteiger partial charge in [-0.05, 0) is 11.1 Å². The van der Waals surface area contributed by atoms with Gasteiger partial charge in [-0.25, -0.2) is 4.79 Å². The molecule has 3 rings (SSSR count). The Hall–Kier alpha value is -2.60. The van der Waals surface area contributed by atoms with E-state index >= 15 is 0 Å². The summed E-state index contributed by atoms with van der Waals surface area (Å²) in [6.45, 7) is 0. The number of ether oxygens (including phenoxy) is 1. The third-order valence-corrected chi connectivity index (χ3v) is 4.54. The largest absolute Gasteiger partial charge is 0.391 e. The standard InChI is InChI=1S/C18H15NO4S/c20-16(14-11-24-18(22)19-14)23-17(21)15(12-7-3-1-4-8-12)13-9-5-2-6-10-13/h1-10,14-15H,11H2,(H,19,22). The minimum atomic E-state index is -0.779. The van der Waals surface area contributed by atoms with Crippen LogP contribution in [0.2, 0.25) is 0 Å². The van der Waals surface area contributed by atoms with Crippen LogP contribution in [0.25, 0.3) is 0 Å². The minimum Gasteiger partial charge on any atom is -0.391 e. The molecule has 1 atom stereocenters. The first-order valence-electron chi connectivity index (χ1n) is 7.44. The molecule has 122 valence electrons. The van der Waals surface area contributed by atoms with Gasteiger partial charge in [-0.2, -0.15) is 0 Å². The van der Waals surface area contributed by atoms with Gasteiger partial charge in [-0.15, -0.1) is 0 Å². The van der Waals surface area contributed by atoms with Crippen LogP contribution in [0.15, 0.2) is 60.7 Å². The second-order valence-electron chi connectivity index (χ2n) is 5.29. The van der Waals surface area contributed by atoms with Crippen molar-refractivity contribution in [1.29, 1.82) is 0 Å². The van der Waals surface area contributed by atoms with Crippen molar-refractivity contribution < 1.29 is 19.1 Å². The number of benzene rings is 2. The molecule has 6 heteroatoms. The second-order valence-corrected chi connectivity index (χ2v) is 6.28.